The van der Waals surface area contributed by atoms with E-state index in [1.54, 1.807) is 68.7 Å². The largest absolute Gasteiger partial charge is 0.490 e. The number of amides is 3. The topological polar surface area (TPSA) is 118 Å². The van der Waals surface area contributed by atoms with Crippen LogP contribution in [-0.2, 0) is 0 Å². The summed E-state index contributed by atoms with van der Waals surface area (Å²) < 4.78 is 39.9. The van der Waals surface area contributed by atoms with E-state index in [1.165, 1.54) is 45.0 Å². The second-order valence-corrected chi connectivity index (χ2v) is 15.0. The summed E-state index contributed by atoms with van der Waals surface area (Å²) in [6, 6.07) is 22.2. The molecule has 6 rings (SSSR count). The Morgan fingerprint density at radius 2 is 1.03 bits per heavy atom. The number of benzene rings is 4. The van der Waals surface area contributed by atoms with E-state index in [1.807, 2.05) is 0 Å². The molecule has 2 aliphatic rings. The number of nitrogens with zero attached hydrogens (tertiary/aromatic N) is 5. The average Bonchev–Trinajstić information content (AvgIpc) is 3.25. The Bertz CT molecular complexity index is 2010. The molecule has 2 heterocycles. The Morgan fingerprint density at radius 3 is 1.41 bits per heavy atom. The fraction of sp³-hybridized carbons (Fsp3) is 0.372. The first kappa shape index (κ1) is 50.9. The number of hydrogen-bond donors (Lipinski definition) is 2. The molecule has 0 aliphatic carbocycles. The maximum atomic E-state index is 14.4. The first-order valence-corrected chi connectivity index (χ1v) is 20.2. The molecule has 18 heteroatoms. The highest BCUT2D eigenvalue weighted by atomic mass is 35.5. The van der Waals surface area contributed by atoms with E-state index in [-0.39, 0.29) is 59.3 Å². The lowest BCUT2D eigenvalue weighted by Crippen LogP contribution is -2.48. The van der Waals surface area contributed by atoms with Crippen molar-refractivity contribution in [3.63, 3.8) is 0 Å². The lowest BCUT2D eigenvalue weighted by Gasteiger charge is -2.32. The van der Waals surface area contributed by atoms with Gasteiger partial charge in [0.05, 0.1) is 13.2 Å². The number of halogens is 6. The molecule has 0 bridgehead atoms. The van der Waals surface area contributed by atoms with Crippen molar-refractivity contribution in [2.75, 3.05) is 103 Å². The van der Waals surface area contributed by atoms with Gasteiger partial charge in [-0.3, -0.25) is 14.5 Å². The molecule has 2 N–H and O–H groups in total. The molecule has 2 saturated heterocycles. The number of piperazine rings is 2. The molecule has 0 unspecified atom stereocenters. The van der Waals surface area contributed by atoms with E-state index in [2.05, 4.69) is 15.1 Å². The van der Waals surface area contributed by atoms with Crippen LogP contribution >= 0.6 is 48.0 Å². The molecule has 0 spiro atoms. The van der Waals surface area contributed by atoms with Crippen LogP contribution in [0.4, 0.5) is 25.0 Å². The van der Waals surface area contributed by atoms with Crippen molar-refractivity contribution in [1.82, 2.24) is 20.0 Å². The first-order valence-electron chi connectivity index (χ1n) is 19.4. The molecule has 61 heavy (non-hydrogen) atoms. The normalized spacial score (nSPS) is 14.0. The molecule has 2 fully saturated rings. The van der Waals surface area contributed by atoms with Crippen molar-refractivity contribution >= 4 is 77.3 Å². The third-order valence-electron chi connectivity index (χ3n) is 10.00. The summed E-state index contributed by atoms with van der Waals surface area (Å²) in [5.74, 6) is -1.49. The van der Waals surface area contributed by atoms with Gasteiger partial charge in [0.15, 0.2) is 23.1 Å². The van der Waals surface area contributed by atoms with E-state index in [0.717, 1.165) is 45.7 Å². The molecule has 0 atom stereocenters. The van der Waals surface area contributed by atoms with Gasteiger partial charge in [0.25, 0.3) is 11.8 Å². The molecular formula is C43H52Cl4F2N6O6. The minimum atomic E-state index is -0.889. The van der Waals surface area contributed by atoms with Gasteiger partial charge in [0, 0.05) is 112 Å². The van der Waals surface area contributed by atoms with Gasteiger partial charge in [0.2, 0.25) is 0 Å². The highest BCUT2D eigenvalue weighted by Crippen LogP contribution is 2.24. The van der Waals surface area contributed by atoms with E-state index >= 15 is 0 Å². The Labute approximate surface area is 378 Å². The van der Waals surface area contributed by atoms with Crippen LogP contribution in [-0.4, -0.2) is 130 Å². The second-order valence-electron chi connectivity index (χ2n) is 14.1. The van der Waals surface area contributed by atoms with Crippen LogP contribution in [0.5, 0.6) is 11.5 Å². The molecule has 0 radical (unpaired) electrons. The lowest BCUT2D eigenvalue weighted by atomic mass is 10.1. The zero-order chi connectivity index (χ0) is 42.3. The van der Waals surface area contributed by atoms with Crippen LogP contribution in [0.1, 0.15) is 33.6 Å². The zero-order valence-electron chi connectivity index (χ0n) is 34.0. The molecule has 4 aromatic rings. The van der Waals surface area contributed by atoms with Crippen LogP contribution in [0, 0.1) is 11.6 Å². The predicted molar refractivity (Wildman–Crippen MR) is 241 cm³/mol. The monoisotopic (exact) mass is 926 g/mol. The summed E-state index contributed by atoms with van der Waals surface area (Å²) in [6.45, 7) is 8.88. The van der Waals surface area contributed by atoms with E-state index < -0.39 is 17.7 Å². The summed E-state index contributed by atoms with van der Waals surface area (Å²) >= 11 is 11.7. The van der Waals surface area contributed by atoms with Crippen molar-refractivity contribution in [3.05, 3.63) is 118 Å². The maximum absolute atomic E-state index is 14.4. The Kier molecular flexibility index (Phi) is 21.3. The molecule has 3 amide bonds. The minimum Gasteiger partial charge on any atom is -0.490 e. The molecule has 2 aliphatic heterocycles. The first-order chi connectivity index (χ1) is 28.4. The fourth-order valence-corrected chi connectivity index (χ4v) is 6.74. The quantitative estimate of drug-likeness (QED) is 0.121. The highest BCUT2D eigenvalue weighted by molar-refractivity contribution is 6.31. The van der Waals surface area contributed by atoms with Crippen molar-refractivity contribution in [2.45, 2.75) is 12.8 Å². The van der Waals surface area contributed by atoms with Gasteiger partial charge < -0.3 is 39.5 Å². The molecule has 4 aromatic carbocycles. The van der Waals surface area contributed by atoms with Crippen LogP contribution in [0.15, 0.2) is 84.9 Å². The molecule has 0 saturated carbocycles. The summed E-state index contributed by atoms with van der Waals surface area (Å²) in [5.41, 5.74) is 1.82. The van der Waals surface area contributed by atoms with Gasteiger partial charge in [-0.05, 0) is 97.8 Å². The number of carboxylic acid groups (broad SMARTS) is 1. The lowest BCUT2D eigenvalue weighted by molar-refractivity contribution is 0.0984. The van der Waals surface area contributed by atoms with Crippen molar-refractivity contribution < 1.29 is 37.7 Å². The number of ether oxygens (including phenoxy) is 2. The Balaban J connectivity index is 0.000000316. The SMILES string of the molecule is CN(C(=O)c1ccc(OCCCN2CCN(C(=O)O)CC2)c(F)c1)c1ccc(Cl)cc1.CN(C(=O)c1ccc(OCCCN2CCNCC2)c(F)c1)c1ccc(Cl)cc1.Cl.Cl. The maximum Gasteiger partial charge on any atom is 0.407 e. The predicted octanol–water partition coefficient (Wildman–Crippen LogP) is 8.09. The molecule has 12 nitrogen and oxygen atoms in total. The van der Waals surface area contributed by atoms with Crippen molar-refractivity contribution in [2.24, 2.45) is 0 Å². The summed E-state index contributed by atoms with van der Waals surface area (Å²) in [7, 11) is 3.26. The number of rotatable bonds is 14. The fourth-order valence-electron chi connectivity index (χ4n) is 6.49. The Morgan fingerprint density at radius 1 is 0.639 bits per heavy atom. The zero-order valence-corrected chi connectivity index (χ0v) is 37.2. The smallest absolute Gasteiger partial charge is 0.407 e. The van der Waals surface area contributed by atoms with Crippen LogP contribution in [0.3, 0.4) is 0 Å². The van der Waals surface area contributed by atoms with Gasteiger partial charge in [-0.25, -0.2) is 13.6 Å². The van der Waals surface area contributed by atoms with Gasteiger partial charge in [-0.15, -0.1) is 24.8 Å². The van der Waals surface area contributed by atoms with Crippen molar-refractivity contribution in [3.8, 4) is 11.5 Å². The standard InChI is InChI=1S/C22H25ClFN3O4.C21H25ClFN3O2.2ClH/c1-25(18-6-4-17(23)5-7-18)21(28)16-3-8-20(19(24)15-16)31-14-2-9-26-10-12-27(13-11-26)22(29)30;1-25(18-6-4-17(22)5-7-18)21(27)16-3-8-20(19(23)15-16)28-14-2-11-26-12-9-24-10-13-26;;/h3-8,15H,2,9-14H2,1H3,(H,29,30);3-8,15,24H,2,9-14H2,1H3;2*1H. The van der Waals surface area contributed by atoms with Gasteiger partial charge in [-0.2, -0.15) is 0 Å². The van der Waals surface area contributed by atoms with Gasteiger partial charge in [0.1, 0.15) is 0 Å². The Hall–Kier alpha value is -4.41. The number of anilines is 2. The van der Waals surface area contributed by atoms with Crippen LogP contribution < -0.4 is 24.6 Å². The number of carbonyl (C=O) groups is 3. The summed E-state index contributed by atoms with van der Waals surface area (Å²) in [6.07, 6.45) is 0.631. The molecule has 332 valence electrons. The average molecular weight is 929 g/mol. The third kappa shape index (κ3) is 15.5. The second kappa shape index (κ2) is 25.5. The molecule has 0 aromatic heterocycles. The number of carbonyl (C=O) groups excluding carboxylic acids is 2. The van der Waals surface area contributed by atoms with Crippen molar-refractivity contribution in [1.29, 1.82) is 0 Å². The minimum absolute atomic E-state index is 0. The van der Waals surface area contributed by atoms with E-state index in [4.69, 9.17) is 37.8 Å². The van der Waals surface area contributed by atoms with Crippen LogP contribution in [0.2, 0.25) is 10.0 Å². The number of nitrogens with one attached hydrogen (secondary N) is 1. The molecular weight excluding hydrogens is 876 g/mol. The highest BCUT2D eigenvalue weighted by Gasteiger charge is 2.21. The van der Waals surface area contributed by atoms with Crippen LogP contribution in [0.25, 0.3) is 0 Å². The number of hydrogen-bond acceptors (Lipinski definition) is 8. The van der Waals surface area contributed by atoms with E-state index in [0.29, 0.717) is 67.2 Å². The van der Waals surface area contributed by atoms with E-state index in [9.17, 15) is 23.2 Å². The van der Waals surface area contributed by atoms with Gasteiger partial charge >= 0.3 is 6.09 Å². The summed E-state index contributed by atoms with van der Waals surface area (Å²) in [5, 5.41) is 13.4. The third-order valence-corrected chi connectivity index (χ3v) is 10.5. The summed E-state index contributed by atoms with van der Waals surface area (Å²) in [4.78, 5) is 45.0. The van der Waals surface area contributed by atoms with Gasteiger partial charge in [-0.1, -0.05) is 23.2 Å².